The van der Waals surface area contributed by atoms with Gasteiger partial charge in [0.2, 0.25) is 0 Å². The Morgan fingerprint density at radius 3 is 2.53 bits per heavy atom. The summed E-state index contributed by atoms with van der Waals surface area (Å²) in [6, 6.07) is 13.8. The molecule has 3 heteroatoms. The number of hydrogen-bond donors (Lipinski definition) is 1. The van der Waals surface area contributed by atoms with Crippen LogP contribution in [0.5, 0.6) is 5.75 Å². The van der Waals surface area contributed by atoms with Crippen molar-refractivity contribution in [3.63, 3.8) is 0 Å². The molecular weight excluding hydrogens is 219 g/mol. The van der Waals surface area contributed by atoms with Crippen LogP contribution in [0.15, 0.2) is 48.5 Å². The molecule has 0 aliphatic heterocycles. The third kappa shape index (κ3) is 3.04. The second-order valence-electron chi connectivity index (χ2n) is 3.68. The predicted molar refractivity (Wildman–Crippen MR) is 63.1 cm³/mol. The van der Waals surface area contributed by atoms with Gasteiger partial charge in [-0.15, -0.1) is 0 Å². The van der Waals surface area contributed by atoms with Gasteiger partial charge in [0.15, 0.2) is 0 Å². The molecule has 0 radical (unpaired) electrons. The summed E-state index contributed by atoms with van der Waals surface area (Å²) in [4.78, 5) is 0. The lowest BCUT2D eigenvalue weighted by molar-refractivity contribution is 0.258. The highest BCUT2D eigenvalue weighted by Gasteiger charge is 2.04. The van der Waals surface area contributed by atoms with E-state index in [1.807, 2.05) is 30.3 Å². The van der Waals surface area contributed by atoms with E-state index in [1.165, 1.54) is 18.2 Å². The Kier molecular flexibility index (Phi) is 3.73. The molecule has 1 N–H and O–H groups in total. The number of ether oxygens (including phenoxy) is 1. The van der Waals surface area contributed by atoms with Gasteiger partial charge in [-0.3, -0.25) is 0 Å². The molecule has 0 aliphatic carbocycles. The Hall–Kier alpha value is -1.87. The van der Waals surface area contributed by atoms with Crippen molar-refractivity contribution in [1.29, 1.82) is 0 Å². The molecule has 0 unspecified atom stereocenters. The quantitative estimate of drug-likeness (QED) is 0.878. The predicted octanol–water partition coefficient (Wildman–Crippen LogP) is 2.90. The zero-order valence-electron chi connectivity index (χ0n) is 9.27. The highest BCUT2D eigenvalue weighted by atomic mass is 19.1. The van der Waals surface area contributed by atoms with Gasteiger partial charge in [0, 0.05) is 5.56 Å². The summed E-state index contributed by atoms with van der Waals surface area (Å²) in [6.07, 6.45) is 0. The van der Waals surface area contributed by atoms with Crippen LogP contribution in [0.4, 0.5) is 4.39 Å². The van der Waals surface area contributed by atoms with E-state index in [2.05, 4.69) is 0 Å². The molecule has 0 aliphatic rings. The second kappa shape index (κ2) is 5.46. The minimum Gasteiger partial charge on any atom is -0.489 e. The molecule has 17 heavy (non-hydrogen) atoms. The van der Waals surface area contributed by atoms with E-state index in [4.69, 9.17) is 9.84 Å². The number of aliphatic hydroxyl groups is 1. The first-order chi connectivity index (χ1) is 8.29. The Labute approximate surface area is 99.3 Å². The zero-order chi connectivity index (χ0) is 12.1. The van der Waals surface area contributed by atoms with Crippen molar-refractivity contribution in [1.82, 2.24) is 0 Å². The van der Waals surface area contributed by atoms with Crippen LogP contribution in [-0.4, -0.2) is 5.11 Å². The second-order valence-corrected chi connectivity index (χ2v) is 3.68. The topological polar surface area (TPSA) is 29.5 Å². The number of aliphatic hydroxyl groups excluding tert-OH is 1. The first kappa shape index (κ1) is 11.6. The van der Waals surface area contributed by atoms with Gasteiger partial charge in [0.05, 0.1) is 6.61 Å². The zero-order valence-corrected chi connectivity index (χ0v) is 9.27. The monoisotopic (exact) mass is 232 g/mol. The van der Waals surface area contributed by atoms with Crippen LogP contribution in [0, 0.1) is 5.82 Å². The van der Waals surface area contributed by atoms with E-state index in [0.717, 1.165) is 5.56 Å². The molecule has 0 spiro atoms. The highest BCUT2D eigenvalue weighted by molar-refractivity contribution is 5.33. The van der Waals surface area contributed by atoms with Crippen molar-refractivity contribution in [3.05, 3.63) is 65.5 Å². The summed E-state index contributed by atoms with van der Waals surface area (Å²) >= 11 is 0. The molecule has 2 aromatic rings. The molecule has 0 aromatic heterocycles. The van der Waals surface area contributed by atoms with E-state index in [-0.39, 0.29) is 12.4 Å². The molecule has 0 fully saturated rings. The minimum absolute atomic E-state index is 0.234. The Balaban J connectivity index is 2.09. The lowest BCUT2D eigenvalue weighted by Crippen LogP contribution is -1.99. The van der Waals surface area contributed by atoms with Gasteiger partial charge >= 0.3 is 0 Å². The molecule has 0 atom stereocenters. The lowest BCUT2D eigenvalue weighted by atomic mass is 10.2. The van der Waals surface area contributed by atoms with E-state index in [0.29, 0.717) is 17.9 Å². The fourth-order valence-electron chi connectivity index (χ4n) is 1.55. The van der Waals surface area contributed by atoms with Gasteiger partial charge < -0.3 is 9.84 Å². The third-order valence-corrected chi connectivity index (χ3v) is 2.43. The van der Waals surface area contributed by atoms with Crippen molar-refractivity contribution in [2.45, 2.75) is 13.2 Å². The minimum atomic E-state index is -0.374. The molecule has 2 aromatic carbocycles. The van der Waals surface area contributed by atoms with Crippen LogP contribution in [0.3, 0.4) is 0 Å². The maximum atomic E-state index is 12.9. The molecule has 0 bridgehead atoms. The number of benzene rings is 2. The van der Waals surface area contributed by atoms with Crippen molar-refractivity contribution in [2.24, 2.45) is 0 Å². The van der Waals surface area contributed by atoms with Crippen LogP contribution < -0.4 is 4.74 Å². The summed E-state index contributed by atoms with van der Waals surface area (Å²) in [5.41, 5.74) is 1.49. The summed E-state index contributed by atoms with van der Waals surface area (Å²) < 4.78 is 18.5. The van der Waals surface area contributed by atoms with Gasteiger partial charge in [-0.2, -0.15) is 0 Å². The Bertz CT molecular complexity index is 483. The molecule has 0 heterocycles. The van der Waals surface area contributed by atoms with Crippen molar-refractivity contribution < 1.29 is 14.2 Å². The molecule has 0 amide bonds. The average Bonchev–Trinajstić information content (AvgIpc) is 2.38. The fourth-order valence-corrected chi connectivity index (χ4v) is 1.55. The smallest absolute Gasteiger partial charge is 0.125 e. The number of rotatable bonds is 4. The maximum Gasteiger partial charge on any atom is 0.125 e. The van der Waals surface area contributed by atoms with Crippen molar-refractivity contribution in [3.8, 4) is 5.75 Å². The summed E-state index contributed by atoms with van der Waals surface area (Å²) in [6.45, 7) is 0.168. The summed E-state index contributed by atoms with van der Waals surface area (Å²) in [7, 11) is 0. The van der Waals surface area contributed by atoms with Gasteiger partial charge in [0.25, 0.3) is 0 Å². The summed E-state index contributed by atoms with van der Waals surface area (Å²) in [5, 5.41) is 9.09. The largest absolute Gasteiger partial charge is 0.489 e. The lowest BCUT2D eigenvalue weighted by Gasteiger charge is -2.10. The number of hydrogen-bond acceptors (Lipinski definition) is 2. The molecule has 0 saturated heterocycles. The van der Waals surface area contributed by atoms with Crippen LogP contribution >= 0.6 is 0 Å². The average molecular weight is 232 g/mol. The summed E-state index contributed by atoms with van der Waals surface area (Å²) in [5.74, 6) is 0.138. The van der Waals surface area contributed by atoms with E-state index in [1.54, 1.807) is 0 Å². The standard InChI is InChI=1S/C14H13FO2/c15-13-6-7-14(12(8-13)9-16)17-10-11-4-2-1-3-5-11/h1-8,16H,9-10H2. The normalized spacial score (nSPS) is 10.2. The van der Waals surface area contributed by atoms with Gasteiger partial charge in [-0.1, -0.05) is 30.3 Å². The van der Waals surface area contributed by atoms with Crippen molar-refractivity contribution >= 4 is 0 Å². The first-order valence-corrected chi connectivity index (χ1v) is 5.35. The van der Waals surface area contributed by atoms with Crippen LogP contribution in [0.25, 0.3) is 0 Å². The van der Waals surface area contributed by atoms with E-state index >= 15 is 0 Å². The van der Waals surface area contributed by atoms with Crippen LogP contribution in [-0.2, 0) is 13.2 Å². The SMILES string of the molecule is OCc1cc(F)ccc1OCc1ccccc1. The first-order valence-electron chi connectivity index (χ1n) is 5.35. The van der Waals surface area contributed by atoms with E-state index < -0.39 is 0 Å². The number of halogens is 1. The maximum absolute atomic E-state index is 12.9. The van der Waals surface area contributed by atoms with Gasteiger partial charge in [-0.25, -0.2) is 4.39 Å². The third-order valence-electron chi connectivity index (χ3n) is 2.43. The van der Waals surface area contributed by atoms with Gasteiger partial charge in [-0.05, 0) is 23.8 Å². The van der Waals surface area contributed by atoms with E-state index in [9.17, 15) is 4.39 Å². The van der Waals surface area contributed by atoms with Crippen LogP contribution in [0.1, 0.15) is 11.1 Å². The Morgan fingerprint density at radius 1 is 1.06 bits per heavy atom. The van der Waals surface area contributed by atoms with Crippen LogP contribution in [0.2, 0.25) is 0 Å². The molecular formula is C14H13FO2. The molecule has 2 nitrogen and oxygen atoms in total. The van der Waals surface area contributed by atoms with Crippen molar-refractivity contribution in [2.75, 3.05) is 0 Å². The van der Waals surface area contributed by atoms with Gasteiger partial charge in [0.1, 0.15) is 18.2 Å². The fraction of sp³-hybridized carbons (Fsp3) is 0.143. The Morgan fingerprint density at radius 2 is 1.82 bits per heavy atom. The molecule has 88 valence electrons. The highest BCUT2D eigenvalue weighted by Crippen LogP contribution is 2.20. The molecule has 0 saturated carbocycles. The molecule has 2 rings (SSSR count).